The van der Waals surface area contributed by atoms with Crippen molar-refractivity contribution in [3.63, 3.8) is 0 Å². The Kier molecular flexibility index (Phi) is 13.7. The quantitative estimate of drug-likeness (QED) is 0.133. The summed E-state index contributed by atoms with van der Waals surface area (Å²) in [7, 11) is 0. The number of benzene rings is 18. The maximum atomic E-state index is 2.33. The van der Waals surface area contributed by atoms with E-state index in [0.29, 0.717) is 0 Å². The van der Waals surface area contributed by atoms with E-state index in [1.54, 1.807) is 0 Å². The van der Waals surface area contributed by atoms with Gasteiger partial charge in [0.25, 0.3) is 0 Å². The highest BCUT2D eigenvalue weighted by Crippen LogP contribution is 2.53. The molecule has 0 radical (unpaired) electrons. The largest absolute Gasteiger partial charge is 0.0622 e. The van der Waals surface area contributed by atoms with E-state index in [1.165, 1.54) is 175 Å². The molecule has 0 aromatic heterocycles. The third kappa shape index (κ3) is 9.07. The Morgan fingerprint density at radius 1 is 0.0870 bits per heavy atom. The zero-order chi connectivity index (χ0) is 60.9. The van der Waals surface area contributed by atoms with Crippen LogP contribution in [0.4, 0.5) is 0 Å². The minimum absolute atomic E-state index is 1.22. The van der Waals surface area contributed by atoms with Gasteiger partial charge in [0, 0.05) is 0 Å². The van der Waals surface area contributed by atoms with Crippen molar-refractivity contribution in [2.24, 2.45) is 0 Å². The SMILES string of the molecule is c1ccc(-c2c3ccccc3c(-c3c4ccccc4c(-c4ccccc4)c4ccccc34)c3ccccc23)cc1.c1ccc(-c2ccccc2-c2c3ccccc3c(-c3c4ccccc4c(-c4ccccc4-c4ccccc4)c4ccccc34)c3ccccc23)cc1. The third-order valence-corrected chi connectivity index (χ3v) is 18.9. The van der Waals surface area contributed by atoms with Crippen LogP contribution in [0.3, 0.4) is 0 Å². The fraction of sp³-hybridized carbons (Fsp3) is 0. The highest BCUT2D eigenvalue weighted by Gasteiger charge is 2.26. The lowest BCUT2D eigenvalue weighted by atomic mass is 9.79. The van der Waals surface area contributed by atoms with Crippen LogP contribution in [0.25, 0.3) is 175 Å². The molecule has 0 aliphatic carbocycles. The third-order valence-electron chi connectivity index (χ3n) is 18.9. The van der Waals surface area contributed by atoms with E-state index in [2.05, 4.69) is 364 Å². The molecule has 0 heteroatoms. The van der Waals surface area contributed by atoms with Crippen LogP contribution in [0.5, 0.6) is 0 Å². The zero-order valence-electron chi connectivity index (χ0n) is 50.6. The van der Waals surface area contributed by atoms with E-state index < -0.39 is 0 Å². The molecule has 0 nitrogen and oxygen atoms in total. The average Bonchev–Trinajstić information content (AvgIpc) is 0.773. The van der Waals surface area contributed by atoms with E-state index in [-0.39, 0.29) is 0 Å². The fourth-order valence-corrected chi connectivity index (χ4v) is 15.1. The van der Waals surface area contributed by atoms with Gasteiger partial charge in [0.2, 0.25) is 0 Å². The first-order chi connectivity index (χ1) is 45.8. The molecule has 0 saturated heterocycles. The van der Waals surface area contributed by atoms with Crippen LogP contribution in [-0.4, -0.2) is 0 Å². The predicted molar refractivity (Wildman–Crippen MR) is 396 cm³/mol. The molecule has 0 heterocycles. The van der Waals surface area contributed by atoms with Crippen molar-refractivity contribution in [2.45, 2.75) is 0 Å². The van der Waals surface area contributed by atoms with Crippen LogP contribution in [0.15, 0.2) is 364 Å². The summed E-state index contributed by atoms with van der Waals surface area (Å²) in [5.74, 6) is 0. The van der Waals surface area contributed by atoms with Crippen molar-refractivity contribution in [3.05, 3.63) is 364 Å². The van der Waals surface area contributed by atoms with Gasteiger partial charge >= 0.3 is 0 Å². The molecule has 0 amide bonds. The lowest BCUT2D eigenvalue weighted by Gasteiger charge is -2.23. The summed E-state index contributed by atoms with van der Waals surface area (Å²) in [5, 5.41) is 20.3. The van der Waals surface area contributed by atoms with Gasteiger partial charge in [0.1, 0.15) is 0 Å². The van der Waals surface area contributed by atoms with Crippen LogP contribution in [0, 0.1) is 0 Å². The van der Waals surface area contributed by atoms with Crippen molar-refractivity contribution in [1.82, 2.24) is 0 Å². The van der Waals surface area contributed by atoms with Crippen molar-refractivity contribution in [1.29, 1.82) is 0 Å². The standard InChI is InChI=1S/C52H34.C40H26/c1-3-19-35(20-4-1)37-23-7-9-25-39(37)49-41-27-11-15-31-45(41)51(46-32-16-12-28-42(46)49)52-47-33-17-13-29-43(47)50(44-30-14-18-34-48(44)52)40-26-10-8-24-38(40)36-21-5-2-6-22-36;1-3-15-27(16-4-1)37-29-19-7-11-23-33(29)39(34-24-12-8-20-30(34)37)40-35-25-13-9-21-31(35)38(28-17-5-2-6-18-28)32-22-10-14-26-36(32)40/h1-34H;1-26H. The number of hydrogen-bond donors (Lipinski definition) is 0. The normalized spacial score (nSPS) is 11.5. The lowest BCUT2D eigenvalue weighted by molar-refractivity contribution is 1.60. The summed E-state index contributed by atoms with van der Waals surface area (Å²) in [5.41, 5.74) is 20.2. The summed E-state index contributed by atoms with van der Waals surface area (Å²) in [6.07, 6.45) is 0. The Morgan fingerprint density at radius 3 is 0.435 bits per heavy atom. The summed E-state index contributed by atoms with van der Waals surface area (Å²) in [4.78, 5) is 0. The van der Waals surface area contributed by atoms with E-state index >= 15 is 0 Å². The van der Waals surface area contributed by atoms with Crippen LogP contribution < -0.4 is 0 Å². The molecule has 0 N–H and O–H groups in total. The number of rotatable bonds is 8. The van der Waals surface area contributed by atoms with Gasteiger partial charge in [-0.3, -0.25) is 0 Å². The second-order valence-corrected chi connectivity index (χ2v) is 23.9. The monoisotopic (exact) mass is 1160 g/mol. The van der Waals surface area contributed by atoms with Gasteiger partial charge in [0.15, 0.2) is 0 Å². The maximum absolute atomic E-state index is 2.33. The molecule has 18 rings (SSSR count). The molecule has 0 saturated carbocycles. The van der Waals surface area contributed by atoms with Crippen LogP contribution in [0.1, 0.15) is 0 Å². The second kappa shape index (κ2) is 23.2. The molecule has 0 bridgehead atoms. The van der Waals surface area contributed by atoms with Gasteiger partial charge in [-0.2, -0.15) is 0 Å². The second-order valence-electron chi connectivity index (χ2n) is 23.9. The first-order valence-corrected chi connectivity index (χ1v) is 31.9. The molecule has 428 valence electrons. The predicted octanol–water partition coefficient (Wildman–Crippen LogP) is 25.9. The van der Waals surface area contributed by atoms with Gasteiger partial charge in [-0.05, 0) is 175 Å². The molecule has 0 aliphatic heterocycles. The summed E-state index contributed by atoms with van der Waals surface area (Å²) >= 11 is 0. The molecule has 18 aromatic rings. The smallest absolute Gasteiger partial charge is 0.00139 e. The Bertz CT molecular complexity index is 5250. The Labute approximate surface area is 535 Å². The molecule has 0 aliphatic rings. The summed E-state index contributed by atoms with van der Waals surface area (Å²) in [6.45, 7) is 0. The van der Waals surface area contributed by atoms with Gasteiger partial charge < -0.3 is 0 Å². The molecule has 0 atom stereocenters. The average molecular weight is 1170 g/mol. The maximum Gasteiger partial charge on any atom is -0.00139 e. The Morgan fingerprint density at radius 2 is 0.228 bits per heavy atom. The zero-order valence-corrected chi connectivity index (χ0v) is 50.6. The Hall–Kier alpha value is -12.0. The number of hydrogen-bond acceptors (Lipinski definition) is 0. The molecule has 92 heavy (non-hydrogen) atoms. The van der Waals surface area contributed by atoms with E-state index in [1.807, 2.05) is 0 Å². The Balaban J connectivity index is 0.000000146. The molecule has 0 unspecified atom stereocenters. The molecule has 0 spiro atoms. The molecule has 0 fully saturated rings. The first-order valence-electron chi connectivity index (χ1n) is 31.9. The molecular weight excluding hydrogens is 1110 g/mol. The van der Waals surface area contributed by atoms with Crippen molar-refractivity contribution in [2.75, 3.05) is 0 Å². The van der Waals surface area contributed by atoms with Gasteiger partial charge in [-0.15, -0.1) is 0 Å². The molecular formula is C92H60. The van der Waals surface area contributed by atoms with Gasteiger partial charge in [-0.25, -0.2) is 0 Å². The topological polar surface area (TPSA) is 0 Å². The summed E-state index contributed by atoms with van der Waals surface area (Å²) < 4.78 is 0. The van der Waals surface area contributed by atoms with Crippen LogP contribution in [0.2, 0.25) is 0 Å². The van der Waals surface area contributed by atoms with Crippen molar-refractivity contribution < 1.29 is 0 Å². The number of fused-ring (bicyclic) bond motifs is 8. The lowest BCUT2D eigenvalue weighted by Crippen LogP contribution is -1.96. The van der Waals surface area contributed by atoms with E-state index in [4.69, 9.17) is 0 Å². The van der Waals surface area contributed by atoms with Crippen LogP contribution >= 0.6 is 0 Å². The first kappa shape index (κ1) is 54.2. The van der Waals surface area contributed by atoms with E-state index in [0.717, 1.165) is 0 Å². The van der Waals surface area contributed by atoms with Crippen molar-refractivity contribution >= 4 is 86.2 Å². The highest BCUT2D eigenvalue weighted by molar-refractivity contribution is 6.32. The minimum atomic E-state index is 1.22. The van der Waals surface area contributed by atoms with Crippen LogP contribution in [-0.2, 0) is 0 Å². The molecule has 18 aromatic carbocycles. The van der Waals surface area contributed by atoms with Crippen molar-refractivity contribution in [3.8, 4) is 89.0 Å². The van der Waals surface area contributed by atoms with Gasteiger partial charge in [-0.1, -0.05) is 364 Å². The highest BCUT2D eigenvalue weighted by atomic mass is 14.3. The minimum Gasteiger partial charge on any atom is -0.0622 e. The van der Waals surface area contributed by atoms with E-state index in [9.17, 15) is 0 Å². The summed E-state index contributed by atoms with van der Waals surface area (Å²) in [6, 6.07) is 133. The fourth-order valence-electron chi connectivity index (χ4n) is 15.1. The van der Waals surface area contributed by atoms with Gasteiger partial charge in [0.05, 0.1) is 0 Å².